The lowest BCUT2D eigenvalue weighted by molar-refractivity contribution is 0.208. The normalized spacial score (nSPS) is 15.5. The molecule has 31 heavy (non-hydrogen) atoms. The highest BCUT2D eigenvalue weighted by molar-refractivity contribution is 5.42. The molecule has 1 aliphatic heterocycles. The van der Waals surface area contributed by atoms with Crippen LogP contribution in [0.1, 0.15) is 54.2 Å². The van der Waals surface area contributed by atoms with Crippen molar-refractivity contribution < 1.29 is 8.78 Å². The molecule has 3 aromatic rings. The summed E-state index contributed by atoms with van der Waals surface area (Å²) in [6, 6.07) is 21.7. The number of piperidine rings is 1. The standard InChI is InChI=1S/C27H30F2N2/c28-24-10-6-21(7-11-24)27(22-8-12-25(29)13-9-22)5-2-16-31-17-14-20(15-18-31)23-3-1-4-26(30)19-23/h1,3-4,6-13,19-20,27H,2,5,14-18,30H2. The fourth-order valence-corrected chi connectivity index (χ4v) is 4.74. The van der Waals surface area contributed by atoms with Crippen molar-refractivity contribution in [3.8, 4) is 0 Å². The van der Waals surface area contributed by atoms with Crippen LogP contribution in [0.3, 0.4) is 0 Å². The summed E-state index contributed by atoms with van der Waals surface area (Å²) in [5.74, 6) is 0.270. The van der Waals surface area contributed by atoms with E-state index in [1.807, 2.05) is 36.4 Å². The van der Waals surface area contributed by atoms with Crippen molar-refractivity contribution in [3.05, 3.63) is 101 Å². The molecule has 0 spiro atoms. The van der Waals surface area contributed by atoms with Gasteiger partial charge in [-0.1, -0.05) is 36.4 Å². The van der Waals surface area contributed by atoms with E-state index in [0.29, 0.717) is 5.92 Å². The molecule has 4 heteroatoms. The van der Waals surface area contributed by atoms with Crippen molar-refractivity contribution >= 4 is 5.69 Å². The second kappa shape index (κ2) is 10.1. The third kappa shape index (κ3) is 5.71. The number of anilines is 1. The zero-order chi connectivity index (χ0) is 21.6. The zero-order valence-electron chi connectivity index (χ0n) is 17.8. The van der Waals surface area contributed by atoms with Gasteiger partial charge in [0.25, 0.3) is 0 Å². The first-order valence-corrected chi connectivity index (χ1v) is 11.2. The summed E-state index contributed by atoms with van der Waals surface area (Å²) >= 11 is 0. The summed E-state index contributed by atoms with van der Waals surface area (Å²) < 4.78 is 26.8. The Morgan fingerprint density at radius 3 is 1.97 bits per heavy atom. The maximum atomic E-state index is 13.4. The van der Waals surface area contributed by atoms with E-state index in [2.05, 4.69) is 17.0 Å². The van der Waals surface area contributed by atoms with Crippen LogP contribution in [0.2, 0.25) is 0 Å². The van der Waals surface area contributed by atoms with Gasteiger partial charge in [0.2, 0.25) is 0 Å². The highest BCUT2D eigenvalue weighted by Gasteiger charge is 2.21. The fourth-order valence-electron chi connectivity index (χ4n) is 4.74. The van der Waals surface area contributed by atoms with Crippen molar-refractivity contribution in [3.63, 3.8) is 0 Å². The number of benzene rings is 3. The van der Waals surface area contributed by atoms with Crippen LogP contribution in [0, 0.1) is 11.6 Å². The van der Waals surface area contributed by atoms with Crippen LogP contribution in [0.25, 0.3) is 0 Å². The van der Waals surface area contributed by atoms with Gasteiger partial charge in [0.05, 0.1) is 0 Å². The Balaban J connectivity index is 1.34. The molecule has 3 aromatic carbocycles. The number of nitrogen functional groups attached to an aromatic ring is 1. The molecule has 1 fully saturated rings. The highest BCUT2D eigenvalue weighted by Crippen LogP contribution is 2.32. The first kappa shape index (κ1) is 21.5. The second-order valence-corrected chi connectivity index (χ2v) is 8.58. The SMILES string of the molecule is Nc1cccc(C2CCN(CCCC(c3ccc(F)cc3)c3ccc(F)cc3)CC2)c1. The molecule has 0 atom stereocenters. The number of halogens is 2. The summed E-state index contributed by atoms with van der Waals surface area (Å²) in [5.41, 5.74) is 10.3. The van der Waals surface area contributed by atoms with Crippen LogP contribution < -0.4 is 5.73 Å². The maximum absolute atomic E-state index is 13.4. The van der Waals surface area contributed by atoms with Gasteiger partial charge in [0.15, 0.2) is 0 Å². The van der Waals surface area contributed by atoms with Gasteiger partial charge in [-0.25, -0.2) is 8.78 Å². The van der Waals surface area contributed by atoms with Crippen LogP contribution >= 0.6 is 0 Å². The molecule has 4 rings (SSSR count). The van der Waals surface area contributed by atoms with Crippen LogP contribution in [0.5, 0.6) is 0 Å². The van der Waals surface area contributed by atoms with Gasteiger partial charge in [0.1, 0.15) is 11.6 Å². The lowest BCUT2D eigenvalue weighted by Gasteiger charge is -2.32. The monoisotopic (exact) mass is 420 g/mol. The van der Waals surface area contributed by atoms with Gasteiger partial charge in [-0.3, -0.25) is 0 Å². The number of nitrogens with two attached hydrogens (primary N) is 1. The van der Waals surface area contributed by atoms with Gasteiger partial charge < -0.3 is 10.6 Å². The second-order valence-electron chi connectivity index (χ2n) is 8.58. The van der Waals surface area contributed by atoms with Crippen molar-refractivity contribution in [1.29, 1.82) is 0 Å². The van der Waals surface area contributed by atoms with Gasteiger partial charge in [-0.15, -0.1) is 0 Å². The molecular weight excluding hydrogens is 390 g/mol. The average Bonchev–Trinajstić information content (AvgIpc) is 2.79. The first-order chi connectivity index (χ1) is 15.1. The largest absolute Gasteiger partial charge is 0.399 e. The van der Waals surface area contributed by atoms with Crippen molar-refractivity contribution in [2.45, 2.75) is 37.5 Å². The smallest absolute Gasteiger partial charge is 0.123 e. The molecule has 0 aliphatic carbocycles. The number of likely N-dealkylation sites (tertiary alicyclic amines) is 1. The fraction of sp³-hybridized carbons (Fsp3) is 0.333. The maximum Gasteiger partial charge on any atom is 0.123 e. The molecule has 1 heterocycles. The molecule has 1 saturated heterocycles. The topological polar surface area (TPSA) is 29.3 Å². The summed E-state index contributed by atoms with van der Waals surface area (Å²) in [6.07, 6.45) is 4.31. The van der Waals surface area contributed by atoms with Crippen molar-refractivity contribution in [1.82, 2.24) is 4.90 Å². The third-order valence-corrected chi connectivity index (χ3v) is 6.48. The van der Waals surface area contributed by atoms with Gasteiger partial charge in [-0.2, -0.15) is 0 Å². The molecule has 0 aromatic heterocycles. The minimum atomic E-state index is -0.232. The molecule has 2 N–H and O–H groups in total. The van der Waals surface area contributed by atoms with Gasteiger partial charge in [0, 0.05) is 11.6 Å². The predicted molar refractivity (Wildman–Crippen MR) is 123 cm³/mol. The van der Waals surface area contributed by atoms with Crippen LogP contribution in [-0.2, 0) is 0 Å². The van der Waals surface area contributed by atoms with Crippen LogP contribution in [0.15, 0.2) is 72.8 Å². The number of nitrogens with zero attached hydrogens (tertiary/aromatic N) is 1. The number of rotatable bonds is 7. The van der Waals surface area contributed by atoms with Gasteiger partial charge >= 0.3 is 0 Å². The average molecular weight is 421 g/mol. The molecule has 0 radical (unpaired) electrons. The Bertz CT molecular complexity index is 916. The van der Waals surface area contributed by atoms with Crippen LogP contribution in [0.4, 0.5) is 14.5 Å². The lowest BCUT2D eigenvalue weighted by Crippen LogP contribution is -2.33. The summed E-state index contributed by atoms with van der Waals surface area (Å²) in [5, 5.41) is 0. The van der Waals surface area contributed by atoms with E-state index in [1.54, 1.807) is 0 Å². The third-order valence-electron chi connectivity index (χ3n) is 6.48. The van der Waals surface area contributed by atoms with E-state index in [4.69, 9.17) is 5.73 Å². The van der Waals surface area contributed by atoms with Crippen molar-refractivity contribution in [2.24, 2.45) is 0 Å². The molecular formula is C27H30F2N2. The quantitative estimate of drug-likeness (QED) is 0.452. The van der Waals surface area contributed by atoms with E-state index in [9.17, 15) is 8.78 Å². The number of hydrogen-bond acceptors (Lipinski definition) is 2. The Kier molecular flexibility index (Phi) is 6.98. The molecule has 1 aliphatic rings. The molecule has 0 bridgehead atoms. The Morgan fingerprint density at radius 2 is 1.42 bits per heavy atom. The van der Waals surface area contributed by atoms with E-state index in [-0.39, 0.29) is 17.6 Å². The number of hydrogen-bond donors (Lipinski definition) is 1. The summed E-state index contributed by atoms with van der Waals surface area (Å²) in [7, 11) is 0. The van der Waals surface area contributed by atoms with E-state index in [0.717, 1.165) is 62.1 Å². The van der Waals surface area contributed by atoms with Crippen molar-refractivity contribution in [2.75, 3.05) is 25.4 Å². The molecule has 0 amide bonds. The molecule has 0 unspecified atom stereocenters. The Labute approximate surface area is 183 Å². The summed E-state index contributed by atoms with van der Waals surface area (Å²) in [6.45, 7) is 3.23. The lowest BCUT2D eigenvalue weighted by atomic mass is 9.87. The predicted octanol–water partition coefficient (Wildman–Crippen LogP) is 6.34. The van der Waals surface area contributed by atoms with E-state index in [1.165, 1.54) is 29.8 Å². The highest BCUT2D eigenvalue weighted by atomic mass is 19.1. The molecule has 2 nitrogen and oxygen atoms in total. The van der Waals surface area contributed by atoms with Crippen LogP contribution in [-0.4, -0.2) is 24.5 Å². The zero-order valence-corrected chi connectivity index (χ0v) is 17.8. The Hall–Kier alpha value is -2.72. The molecule has 0 saturated carbocycles. The minimum absolute atomic E-state index is 0.144. The minimum Gasteiger partial charge on any atom is -0.399 e. The summed E-state index contributed by atoms with van der Waals surface area (Å²) in [4.78, 5) is 2.54. The van der Waals surface area contributed by atoms with E-state index >= 15 is 0 Å². The van der Waals surface area contributed by atoms with E-state index < -0.39 is 0 Å². The first-order valence-electron chi connectivity index (χ1n) is 11.2. The Morgan fingerprint density at radius 1 is 0.839 bits per heavy atom. The molecule has 162 valence electrons. The van der Waals surface area contributed by atoms with Gasteiger partial charge in [-0.05, 0) is 104 Å².